The smallest absolute Gasteiger partial charge is 0.342 e. The van der Waals surface area contributed by atoms with Gasteiger partial charge in [-0.05, 0) is 25.0 Å². The van der Waals surface area contributed by atoms with Gasteiger partial charge in [0.1, 0.15) is 17.3 Å². The molecule has 6 heteroatoms. The number of fused-ring (bicyclic) bond motifs is 1. The summed E-state index contributed by atoms with van der Waals surface area (Å²) in [6.07, 6.45) is 1.31. The van der Waals surface area contributed by atoms with Crippen LogP contribution in [0, 0.1) is 25.2 Å². The number of aryl methyl sites for hydroxylation is 1. The molecule has 0 atom stereocenters. The summed E-state index contributed by atoms with van der Waals surface area (Å²) in [7, 11) is 0. The molecule has 0 aliphatic rings. The first kappa shape index (κ1) is 15.6. The minimum atomic E-state index is -1.28. The van der Waals surface area contributed by atoms with E-state index in [1.807, 2.05) is 30.3 Å². The Morgan fingerprint density at radius 3 is 2.50 bits per heavy atom. The number of hydrogen-bond acceptors (Lipinski definition) is 3. The predicted molar refractivity (Wildman–Crippen MR) is 88.3 cm³/mol. The maximum Gasteiger partial charge on any atom is 0.342 e. The molecular weight excluding hydrogens is 306 g/mol. The summed E-state index contributed by atoms with van der Waals surface area (Å²) in [5.74, 6) is -1.28. The lowest BCUT2D eigenvalue weighted by Gasteiger charge is -2.12. The number of carboxylic acids is 1. The molecule has 2 heterocycles. The molecule has 120 valence electrons. The van der Waals surface area contributed by atoms with Crippen LogP contribution in [0.5, 0.6) is 0 Å². The van der Waals surface area contributed by atoms with Crippen molar-refractivity contribution in [3.63, 3.8) is 0 Å². The lowest BCUT2D eigenvalue weighted by molar-refractivity contribution is 0.0693. The van der Waals surface area contributed by atoms with Gasteiger partial charge in [0.05, 0.1) is 5.56 Å². The van der Waals surface area contributed by atoms with Gasteiger partial charge in [0.2, 0.25) is 0 Å². The van der Waals surface area contributed by atoms with Gasteiger partial charge >= 0.3 is 5.97 Å². The van der Waals surface area contributed by atoms with Gasteiger partial charge in [0, 0.05) is 18.4 Å². The average molecular weight is 321 g/mol. The SMILES string of the molecule is Cc1c(C#N)c2n(Cc3ccccc3)cc(C(=O)O)c(=O)n2c1C. The van der Waals surface area contributed by atoms with Crippen molar-refractivity contribution in [3.05, 3.63) is 74.8 Å². The van der Waals surface area contributed by atoms with Gasteiger partial charge in [-0.1, -0.05) is 30.3 Å². The number of aromatic carboxylic acids is 1. The number of carboxylic acid groups (broad SMARTS) is 1. The van der Waals surface area contributed by atoms with Crippen molar-refractivity contribution in [2.75, 3.05) is 0 Å². The minimum Gasteiger partial charge on any atom is -0.477 e. The average Bonchev–Trinajstić information content (AvgIpc) is 2.82. The van der Waals surface area contributed by atoms with E-state index in [4.69, 9.17) is 0 Å². The second kappa shape index (κ2) is 5.70. The van der Waals surface area contributed by atoms with Crippen LogP contribution >= 0.6 is 0 Å². The molecule has 6 nitrogen and oxygen atoms in total. The van der Waals surface area contributed by atoms with Crippen LogP contribution in [0.4, 0.5) is 0 Å². The number of aromatic nitrogens is 2. The zero-order chi connectivity index (χ0) is 17.4. The second-order valence-electron chi connectivity index (χ2n) is 5.62. The summed E-state index contributed by atoms with van der Waals surface area (Å²) in [6.45, 7) is 3.83. The molecule has 0 radical (unpaired) electrons. The summed E-state index contributed by atoms with van der Waals surface area (Å²) in [6, 6.07) is 11.6. The Hall–Kier alpha value is -3.33. The number of carbonyl (C=O) groups is 1. The van der Waals surface area contributed by atoms with Gasteiger partial charge in [0.25, 0.3) is 5.56 Å². The fourth-order valence-electron chi connectivity index (χ4n) is 2.88. The first-order chi connectivity index (χ1) is 11.5. The first-order valence-electron chi connectivity index (χ1n) is 7.38. The van der Waals surface area contributed by atoms with Crippen LogP contribution in [0.25, 0.3) is 5.65 Å². The quantitative estimate of drug-likeness (QED) is 0.802. The topological polar surface area (TPSA) is 87.5 Å². The molecule has 2 aromatic heterocycles. The van der Waals surface area contributed by atoms with Gasteiger partial charge in [-0.2, -0.15) is 5.26 Å². The van der Waals surface area contributed by atoms with Gasteiger partial charge in [-0.15, -0.1) is 0 Å². The van der Waals surface area contributed by atoms with Crippen molar-refractivity contribution in [1.82, 2.24) is 8.97 Å². The summed E-state index contributed by atoms with van der Waals surface area (Å²) in [5.41, 5.74) is 2.07. The number of benzene rings is 1. The van der Waals surface area contributed by atoms with Crippen LogP contribution in [0.1, 0.15) is 32.7 Å². The van der Waals surface area contributed by atoms with E-state index in [0.717, 1.165) is 5.56 Å². The minimum absolute atomic E-state index is 0.318. The normalized spacial score (nSPS) is 10.7. The first-order valence-corrected chi connectivity index (χ1v) is 7.38. The van der Waals surface area contributed by atoms with E-state index >= 15 is 0 Å². The lowest BCUT2D eigenvalue weighted by atomic mass is 10.2. The maximum absolute atomic E-state index is 12.5. The monoisotopic (exact) mass is 321 g/mol. The Morgan fingerprint density at radius 2 is 1.92 bits per heavy atom. The molecule has 24 heavy (non-hydrogen) atoms. The molecule has 1 aromatic carbocycles. The van der Waals surface area contributed by atoms with Crippen molar-refractivity contribution in [2.45, 2.75) is 20.4 Å². The molecule has 0 amide bonds. The zero-order valence-electron chi connectivity index (χ0n) is 13.3. The molecule has 0 spiro atoms. The Labute approximate surface area is 137 Å². The Morgan fingerprint density at radius 1 is 1.25 bits per heavy atom. The van der Waals surface area contributed by atoms with Crippen molar-refractivity contribution in [2.24, 2.45) is 0 Å². The van der Waals surface area contributed by atoms with Crippen LogP contribution in [0.2, 0.25) is 0 Å². The van der Waals surface area contributed by atoms with Gasteiger partial charge in [0.15, 0.2) is 0 Å². The third-order valence-corrected chi connectivity index (χ3v) is 4.22. The highest BCUT2D eigenvalue weighted by Gasteiger charge is 2.21. The van der Waals surface area contributed by atoms with Crippen LogP contribution in [-0.2, 0) is 6.54 Å². The van der Waals surface area contributed by atoms with Crippen molar-refractivity contribution >= 4 is 11.6 Å². The number of nitrogens with zero attached hydrogens (tertiary/aromatic N) is 3. The third kappa shape index (κ3) is 2.27. The summed E-state index contributed by atoms with van der Waals surface area (Å²) < 4.78 is 2.97. The van der Waals surface area contributed by atoms with Crippen LogP contribution in [-0.4, -0.2) is 20.0 Å². The fourth-order valence-corrected chi connectivity index (χ4v) is 2.88. The zero-order valence-corrected chi connectivity index (χ0v) is 13.3. The standard InChI is InChI=1S/C18H15N3O3/c1-11-12(2)21-16(14(11)8-19)20(9-13-6-4-3-5-7-13)10-15(17(21)22)18(23)24/h3-7,10H,9H2,1-2H3,(H,23,24). The third-order valence-electron chi connectivity index (χ3n) is 4.22. The summed E-state index contributed by atoms with van der Waals surface area (Å²) in [4.78, 5) is 24.0. The number of hydrogen-bond donors (Lipinski definition) is 1. The highest BCUT2D eigenvalue weighted by Crippen LogP contribution is 2.21. The Balaban J connectivity index is 2.41. The van der Waals surface area contributed by atoms with E-state index in [0.29, 0.717) is 29.0 Å². The molecule has 0 saturated heterocycles. The molecule has 0 fully saturated rings. The van der Waals surface area contributed by atoms with E-state index in [1.54, 1.807) is 18.4 Å². The van der Waals surface area contributed by atoms with Crippen LogP contribution in [0.3, 0.4) is 0 Å². The molecule has 0 aliphatic carbocycles. The number of nitriles is 1. The van der Waals surface area contributed by atoms with E-state index < -0.39 is 11.5 Å². The summed E-state index contributed by atoms with van der Waals surface area (Å²) >= 11 is 0. The molecule has 1 N–H and O–H groups in total. The Bertz CT molecular complexity index is 1050. The molecule has 0 unspecified atom stereocenters. The molecule has 0 aliphatic heterocycles. The van der Waals surface area contributed by atoms with E-state index in [9.17, 15) is 20.0 Å². The molecule has 3 rings (SSSR count). The molecule has 0 bridgehead atoms. The van der Waals surface area contributed by atoms with Gasteiger partial charge in [-0.25, -0.2) is 4.79 Å². The summed E-state index contributed by atoms with van der Waals surface area (Å²) in [5, 5.41) is 18.8. The lowest BCUT2D eigenvalue weighted by Crippen LogP contribution is -2.26. The van der Waals surface area contributed by atoms with Crippen molar-refractivity contribution < 1.29 is 9.90 Å². The van der Waals surface area contributed by atoms with Gasteiger partial charge in [-0.3, -0.25) is 9.20 Å². The largest absolute Gasteiger partial charge is 0.477 e. The van der Waals surface area contributed by atoms with Crippen LogP contribution in [0.15, 0.2) is 41.3 Å². The maximum atomic E-state index is 12.5. The van der Waals surface area contributed by atoms with E-state index in [2.05, 4.69) is 6.07 Å². The highest BCUT2D eigenvalue weighted by molar-refractivity contribution is 5.87. The van der Waals surface area contributed by atoms with E-state index in [1.165, 1.54) is 10.6 Å². The van der Waals surface area contributed by atoms with Crippen LogP contribution < -0.4 is 5.56 Å². The van der Waals surface area contributed by atoms with Gasteiger partial charge < -0.3 is 9.67 Å². The molecule has 0 saturated carbocycles. The van der Waals surface area contributed by atoms with Crippen molar-refractivity contribution in [3.8, 4) is 6.07 Å². The van der Waals surface area contributed by atoms with E-state index in [-0.39, 0.29) is 5.56 Å². The van der Waals surface area contributed by atoms with Crippen molar-refractivity contribution in [1.29, 1.82) is 5.26 Å². The molecule has 3 aromatic rings. The fraction of sp³-hybridized carbons (Fsp3) is 0.167. The molecular formula is C18H15N3O3. The second-order valence-corrected chi connectivity index (χ2v) is 5.62. The number of rotatable bonds is 3. The highest BCUT2D eigenvalue weighted by atomic mass is 16.4. The Kier molecular flexibility index (Phi) is 3.70. The predicted octanol–water partition coefficient (Wildman–Crippen LogP) is 2.34.